The Hall–Kier alpha value is -3.35. The highest BCUT2D eigenvalue weighted by Crippen LogP contribution is 2.29. The van der Waals surface area contributed by atoms with E-state index in [1.165, 1.54) is 24.4 Å². The first-order chi connectivity index (χ1) is 12.8. The molecule has 0 aliphatic carbocycles. The van der Waals surface area contributed by atoms with Crippen LogP contribution in [0.25, 0.3) is 0 Å². The molecule has 0 aliphatic rings. The Morgan fingerprint density at radius 2 is 1.44 bits per heavy atom. The number of aryl methyl sites for hydroxylation is 1. The molecule has 1 aromatic heterocycles. The van der Waals surface area contributed by atoms with Crippen LogP contribution in [0, 0.1) is 6.92 Å². The second kappa shape index (κ2) is 7.49. The number of nitrogens with zero attached hydrogens (tertiary/aromatic N) is 1. The predicted molar refractivity (Wildman–Crippen MR) is 98.1 cm³/mol. The summed E-state index contributed by atoms with van der Waals surface area (Å²) in [6, 6.07) is 15.3. The van der Waals surface area contributed by atoms with Gasteiger partial charge in [-0.25, -0.2) is 4.98 Å². The molecule has 3 aromatic rings. The zero-order valence-electron chi connectivity index (χ0n) is 14.3. The van der Waals surface area contributed by atoms with Crippen LogP contribution in [0.1, 0.15) is 21.6 Å². The van der Waals surface area contributed by atoms with Crippen molar-refractivity contribution in [1.29, 1.82) is 0 Å². The molecular weight excluding hydrogens is 355 g/mol. The van der Waals surface area contributed by atoms with Crippen molar-refractivity contribution in [3.05, 3.63) is 83.7 Å². The van der Waals surface area contributed by atoms with Gasteiger partial charge in [0.2, 0.25) is 0 Å². The molecule has 0 atom stereocenters. The van der Waals surface area contributed by atoms with Crippen LogP contribution >= 0.6 is 0 Å². The van der Waals surface area contributed by atoms with E-state index in [0.717, 1.165) is 23.4 Å². The molecule has 4 nitrogen and oxygen atoms in total. The second-order valence-electron chi connectivity index (χ2n) is 5.95. The largest absolute Gasteiger partial charge is 0.416 e. The highest BCUT2D eigenvalue weighted by molar-refractivity contribution is 6.02. The van der Waals surface area contributed by atoms with Crippen LogP contribution in [0.5, 0.6) is 0 Å². The van der Waals surface area contributed by atoms with Gasteiger partial charge < -0.3 is 10.6 Å². The Kier molecular flexibility index (Phi) is 5.12. The minimum absolute atomic E-state index is 0.157. The van der Waals surface area contributed by atoms with E-state index >= 15 is 0 Å². The molecule has 0 fully saturated rings. The van der Waals surface area contributed by atoms with Gasteiger partial charge in [-0.15, -0.1) is 0 Å². The molecule has 7 heteroatoms. The number of benzene rings is 2. The van der Waals surface area contributed by atoms with Gasteiger partial charge in [0.25, 0.3) is 5.91 Å². The number of anilines is 3. The van der Waals surface area contributed by atoms with Crippen molar-refractivity contribution in [3.8, 4) is 0 Å². The molecule has 0 bridgehead atoms. The van der Waals surface area contributed by atoms with Crippen LogP contribution in [0.3, 0.4) is 0 Å². The van der Waals surface area contributed by atoms with E-state index in [0.29, 0.717) is 5.69 Å². The van der Waals surface area contributed by atoms with E-state index in [2.05, 4.69) is 15.6 Å². The van der Waals surface area contributed by atoms with Gasteiger partial charge in [-0.1, -0.05) is 17.7 Å². The summed E-state index contributed by atoms with van der Waals surface area (Å²) >= 11 is 0. The molecule has 0 unspecified atom stereocenters. The number of amides is 1. The molecule has 138 valence electrons. The van der Waals surface area contributed by atoms with Gasteiger partial charge in [-0.05, 0) is 55.5 Å². The lowest BCUT2D eigenvalue weighted by Crippen LogP contribution is -2.14. The average Bonchev–Trinajstić information content (AvgIpc) is 2.64. The number of aromatic nitrogens is 1. The summed E-state index contributed by atoms with van der Waals surface area (Å²) in [6.07, 6.45) is -2.90. The van der Waals surface area contributed by atoms with Gasteiger partial charge >= 0.3 is 6.18 Å². The van der Waals surface area contributed by atoms with Crippen molar-refractivity contribution in [2.45, 2.75) is 13.1 Å². The molecule has 2 aromatic carbocycles. The lowest BCUT2D eigenvalue weighted by atomic mass is 10.2. The molecule has 0 saturated carbocycles. The van der Waals surface area contributed by atoms with Gasteiger partial charge in [-0.2, -0.15) is 13.2 Å². The first-order valence-corrected chi connectivity index (χ1v) is 8.09. The fourth-order valence-corrected chi connectivity index (χ4v) is 2.34. The minimum Gasteiger partial charge on any atom is -0.354 e. The number of hydrogen-bond acceptors (Lipinski definition) is 3. The summed E-state index contributed by atoms with van der Waals surface area (Å²) in [7, 11) is 0. The lowest BCUT2D eigenvalue weighted by molar-refractivity contribution is -0.137. The van der Waals surface area contributed by atoms with Crippen molar-refractivity contribution >= 4 is 23.0 Å². The van der Waals surface area contributed by atoms with Gasteiger partial charge in [0.15, 0.2) is 0 Å². The highest BCUT2D eigenvalue weighted by atomic mass is 19.4. The molecule has 2 N–H and O–H groups in total. The number of nitrogens with one attached hydrogen (secondary N) is 2. The van der Waals surface area contributed by atoms with Crippen molar-refractivity contribution in [3.63, 3.8) is 0 Å². The number of carbonyl (C=O) groups excluding carboxylic acids is 1. The van der Waals surface area contributed by atoms with Crippen molar-refractivity contribution in [1.82, 2.24) is 4.98 Å². The molecule has 0 saturated heterocycles. The minimum atomic E-state index is -4.41. The van der Waals surface area contributed by atoms with E-state index in [1.807, 2.05) is 31.2 Å². The Morgan fingerprint density at radius 3 is 2.00 bits per heavy atom. The van der Waals surface area contributed by atoms with Gasteiger partial charge in [0.05, 0.1) is 17.4 Å². The topological polar surface area (TPSA) is 54.0 Å². The van der Waals surface area contributed by atoms with Crippen LogP contribution in [-0.4, -0.2) is 10.9 Å². The average molecular weight is 371 g/mol. The van der Waals surface area contributed by atoms with Crippen molar-refractivity contribution in [2.75, 3.05) is 10.6 Å². The van der Waals surface area contributed by atoms with Crippen LogP contribution in [0.2, 0.25) is 0 Å². The number of pyridine rings is 1. The van der Waals surface area contributed by atoms with Crippen LogP contribution < -0.4 is 10.6 Å². The maximum Gasteiger partial charge on any atom is 0.416 e. The summed E-state index contributed by atoms with van der Waals surface area (Å²) in [5.41, 5.74) is 2.40. The van der Waals surface area contributed by atoms with Gasteiger partial charge in [0, 0.05) is 11.4 Å². The summed E-state index contributed by atoms with van der Waals surface area (Å²) in [6.45, 7) is 2.00. The Balaban J connectivity index is 1.64. The standard InChI is InChI=1S/C20H16F3N3O/c1-13-2-6-15(7-3-13)25-17-10-11-18(24-12-17)19(27)26-16-8-4-14(5-9-16)20(21,22)23/h2-12,25H,1H3,(H,26,27). The second-order valence-corrected chi connectivity index (χ2v) is 5.95. The first-order valence-electron chi connectivity index (χ1n) is 8.09. The third-order valence-electron chi connectivity index (χ3n) is 3.81. The maximum absolute atomic E-state index is 12.6. The fraction of sp³-hybridized carbons (Fsp3) is 0.100. The Bertz CT molecular complexity index is 919. The summed E-state index contributed by atoms with van der Waals surface area (Å²) in [5, 5.41) is 5.69. The van der Waals surface area contributed by atoms with Crippen molar-refractivity contribution in [2.24, 2.45) is 0 Å². The zero-order chi connectivity index (χ0) is 19.4. The molecule has 27 heavy (non-hydrogen) atoms. The Morgan fingerprint density at radius 1 is 0.852 bits per heavy atom. The molecule has 3 rings (SSSR count). The van der Waals surface area contributed by atoms with E-state index in [4.69, 9.17) is 0 Å². The lowest BCUT2D eigenvalue weighted by Gasteiger charge is -2.09. The third-order valence-corrected chi connectivity index (χ3v) is 3.81. The maximum atomic E-state index is 12.6. The smallest absolute Gasteiger partial charge is 0.354 e. The molecule has 1 heterocycles. The predicted octanol–water partition coefficient (Wildman–Crippen LogP) is 5.40. The number of hydrogen-bond donors (Lipinski definition) is 2. The van der Waals surface area contributed by atoms with Crippen LogP contribution in [0.4, 0.5) is 30.2 Å². The summed E-state index contributed by atoms with van der Waals surface area (Å²) in [5.74, 6) is -0.503. The summed E-state index contributed by atoms with van der Waals surface area (Å²) < 4.78 is 37.7. The van der Waals surface area contributed by atoms with E-state index < -0.39 is 17.6 Å². The quantitative estimate of drug-likeness (QED) is 0.645. The van der Waals surface area contributed by atoms with Crippen molar-refractivity contribution < 1.29 is 18.0 Å². The Labute approximate surface area is 154 Å². The zero-order valence-corrected chi connectivity index (χ0v) is 14.3. The van der Waals surface area contributed by atoms with Crippen LogP contribution in [-0.2, 0) is 6.18 Å². The van der Waals surface area contributed by atoms with E-state index in [9.17, 15) is 18.0 Å². The number of halogens is 3. The number of alkyl halides is 3. The van der Waals surface area contributed by atoms with E-state index in [-0.39, 0.29) is 11.4 Å². The number of carbonyl (C=O) groups is 1. The van der Waals surface area contributed by atoms with E-state index in [1.54, 1.807) is 6.07 Å². The highest BCUT2D eigenvalue weighted by Gasteiger charge is 2.30. The normalized spacial score (nSPS) is 11.1. The third kappa shape index (κ3) is 4.84. The molecule has 1 amide bonds. The van der Waals surface area contributed by atoms with Gasteiger partial charge in [-0.3, -0.25) is 4.79 Å². The molecule has 0 aliphatic heterocycles. The van der Waals surface area contributed by atoms with Gasteiger partial charge in [0.1, 0.15) is 5.69 Å². The molecule has 0 spiro atoms. The molecule has 0 radical (unpaired) electrons. The number of rotatable bonds is 4. The SMILES string of the molecule is Cc1ccc(Nc2ccc(C(=O)Nc3ccc(C(F)(F)F)cc3)nc2)cc1. The fourth-order valence-electron chi connectivity index (χ4n) is 2.34. The van der Waals surface area contributed by atoms with Crippen LogP contribution in [0.15, 0.2) is 66.9 Å². The monoisotopic (exact) mass is 371 g/mol. The molecular formula is C20H16F3N3O. The summed E-state index contributed by atoms with van der Waals surface area (Å²) in [4.78, 5) is 16.3. The first kappa shape index (κ1) is 18.4.